The van der Waals surface area contributed by atoms with Gasteiger partial charge in [-0.15, -0.1) is 0 Å². The van der Waals surface area contributed by atoms with Crippen LogP contribution in [0.3, 0.4) is 0 Å². The number of nitrogen functional groups attached to an aromatic ring is 1. The van der Waals surface area contributed by atoms with Gasteiger partial charge in [-0.25, -0.2) is 4.39 Å². The largest absolute Gasteiger partial charge is 0.400 e. The van der Waals surface area contributed by atoms with Crippen molar-refractivity contribution in [3.8, 4) is 0 Å². The number of halogens is 2. The maximum absolute atomic E-state index is 12.3. The van der Waals surface area contributed by atoms with E-state index in [0.717, 1.165) is 7.11 Å². The standard InChI is InChI=1S/C6H5ClFN.CH4O/c7-5-3-4(9)1-2-6(5)8;1-2/h1-3H,9H2;2H,1H3. The Morgan fingerprint density at radius 1 is 1.45 bits per heavy atom. The molecule has 1 aromatic rings. The van der Waals surface area contributed by atoms with E-state index in [1.54, 1.807) is 0 Å². The number of hydrogen-bond acceptors (Lipinski definition) is 2. The number of anilines is 1. The summed E-state index contributed by atoms with van der Waals surface area (Å²) in [6.45, 7) is 0. The number of rotatable bonds is 0. The molecule has 0 saturated carbocycles. The van der Waals surface area contributed by atoms with Gasteiger partial charge in [0.25, 0.3) is 0 Å². The van der Waals surface area contributed by atoms with Crippen LogP contribution in [-0.4, -0.2) is 12.2 Å². The summed E-state index contributed by atoms with van der Waals surface area (Å²) >= 11 is 5.36. The summed E-state index contributed by atoms with van der Waals surface area (Å²) in [4.78, 5) is 0. The van der Waals surface area contributed by atoms with Crippen LogP contribution in [0.2, 0.25) is 5.02 Å². The molecule has 0 heterocycles. The summed E-state index contributed by atoms with van der Waals surface area (Å²) in [5, 5.41) is 7.06. The summed E-state index contributed by atoms with van der Waals surface area (Å²) in [7, 11) is 1.00. The van der Waals surface area contributed by atoms with Crippen LogP contribution in [0.25, 0.3) is 0 Å². The second-order valence-electron chi connectivity index (χ2n) is 1.67. The zero-order valence-corrected chi connectivity index (χ0v) is 6.77. The molecule has 3 N–H and O–H groups in total. The molecule has 1 rings (SSSR count). The summed E-state index contributed by atoms with van der Waals surface area (Å²) < 4.78 is 12.3. The number of benzene rings is 1. The molecule has 0 aromatic heterocycles. The van der Waals surface area contributed by atoms with Gasteiger partial charge in [0.15, 0.2) is 0 Å². The molecule has 2 nitrogen and oxygen atoms in total. The molecule has 0 amide bonds. The van der Waals surface area contributed by atoms with Gasteiger partial charge >= 0.3 is 0 Å². The van der Waals surface area contributed by atoms with Crippen molar-refractivity contribution in [3.63, 3.8) is 0 Å². The van der Waals surface area contributed by atoms with E-state index in [1.807, 2.05) is 0 Å². The topological polar surface area (TPSA) is 46.2 Å². The molecule has 0 radical (unpaired) electrons. The molecule has 0 aliphatic carbocycles. The van der Waals surface area contributed by atoms with E-state index in [4.69, 9.17) is 22.4 Å². The maximum Gasteiger partial charge on any atom is 0.141 e. The average molecular weight is 178 g/mol. The third-order valence-electron chi connectivity index (χ3n) is 0.944. The first kappa shape index (κ1) is 10.2. The predicted octanol–water partition coefficient (Wildman–Crippen LogP) is 1.67. The highest BCUT2D eigenvalue weighted by atomic mass is 35.5. The SMILES string of the molecule is CO.Nc1ccc(F)c(Cl)c1. The first-order chi connectivity index (χ1) is 5.20. The van der Waals surface area contributed by atoms with E-state index in [1.165, 1.54) is 18.2 Å². The van der Waals surface area contributed by atoms with Gasteiger partial charge in [-0.3, -0.25) is 0 Å². The fourth-order valence-corrected chi connectivity index (χ4v) is 0.701. The van der Waals surface area contributed by atoms with Crippen LogP contribution >= 0.6 is 11.6 Å². The number of hydrogen-bond donors (Lipinski definition) is 2. The lowest BCUT2D eigenvalue weighted by Gasteiger charge is -1.93. The molecule has 4 heteroatoms. The molecule has 0 aliphatic rings. The Morgan fingerprint density at radius 3 is 2.36 bits per heavy atom. The summed E-state index contributed by atoms with van der Waals surface area (Å²) in [6.07, 6.45) is 0. The minimum Gasteiger partial charge on any atom is -0.400 e. The van der Waals surface area contributed by atoms with Crippen molar-refractivity contribution < 1.29 is 9.50 Å². The highest BCUT2D eigenvalue weighted by molar-refractivity contribution is 6.31. The molecular formula is C7H9ClFNO. The van der Waals surface area contributed by atoms with Gasteiger partial charge in [0.05, 0.1) is 5.02 Å². The number of aliphatic hydroxyl groups excluding tert-OH is 1. The predicted molar refractivity (Wildman–Crippen MR) is 44.0 cm³/mol. The van der Waals surface area contributed by atoms with Crippen molar-refractivity contribution in [2.75, 3.05) is 12.8 Å². The molecule has 0 aliphatic heterocycles. The Kier molecular flexibility index (Phi) is 4.57. The first-order valence-corrected chi connectivity index (χ1v) is 3.23. The van der Waals surface area contributed by atoms with Gasteiger partial charge in [0, 0.05) is 12.8 Å². The Balaban J connectivity index is 0.000000461. The minimum atomic E-state index is -0.439. The Morgan fingerprint density at radius 2 is 2.00 bits per heavy atom. The van der Waals surface area contributed by atoms with Gasteiger partial charge < -0.3 is 10.8 Å². The molecule has 0 atom stereocenters. The van der Waals surface area contributed by atoms with E-state index < -0.39 is 5.82 Å². The smallest absolute Gasteiger partial charge is 0.141 e. The Bertz CT molecular complexity index is 230. The third-order valence-corrected chi connectivity index (χ3v) is 1.23. The Labute approximate surface area is 69.4 Å². The van der Waals surface area contributed by atoms with E-state index in [9.17, 15) is 4.39 Å². The molecular weight excluding hydrogens is 169 g/mol. The quantitative estimate of drug-likeness (QED) is 0.593. The molecule has 1 aromatic carbocycles. The lowest BCUT2D eigenvalue weighted by molar-refractivity contribution is 0.399. The molecule has 0 unspecified atom stereocenters. The molecule has 0 saturated heterocycles. The number of nitrogens with two attached hydrogens (primary N) is 1. The summed E-state index contributed by atoms with van der Waals surface area (Å²) in [5.74, 6) is -0.439. The zero-order valence-electron chi connectivity index (χ0n) is 6.01. The lowest BCUT2D eigenvalue weighted by Crippen LogP contribution is -1.84. The van der Waals surface area contributed by atoms with Crippen molar-refractivity contribution >= 4 is 17.3 Å². The molecule has 62 valence electrons. The lowest BCUT2D eigenvalue weighted by atomic mass is 10.3. The second-order valence-corrected chi connectivity index (χ2v) is 2.08. The van der Waals surface area contributed by atoms with Crippen molar-refractivity contribution in [1.29, 1.82) is 0 Å². The van der Waals surface area contributed by atoms with Crippen LogP contribution in [0.1, 0.15) is 0 Å². The van der Waals surface area contributed by atoms with Crippen LogP contribution in [-0.2, 0) is 0 Å². The normalized spacial score (nSPS) is 8.36. The third kappa shape index (κ3) is 3.20. The van der Waals surface area contributed by atoms with E-state index >= 15 is 0 Å². The molecule has 0 bridgehead atoms. The van der Waals surface area contributed by atoms with E-state index in [-0.39, 0.29) is 5.02 Å². The minimum absolute atomic E-state index is 0.0648. The molecule has 0 spiro atoms. The Hall–Kier alpha value is -0.800. The van der Waals surface area contributed by atoms with Crippen molar-refractivity contribution in [2.45, 2.75) is 0 Å². The average Bonchev–Trinajstić information content (AvgIpc) is 2.02. The van der Waals surface area contributed by atoms with Gasteiger partial charge in [-0.05, 0) is 18.2 Å². The fraction of sp³-hybridized carbons (Fsp3) is 0.143. The highest BCUT2D eigenvalue weighted by Gasteiger charge is 1.95. The first-order valence-electron chi connectivity index (χ1n) is 2.85. The van der Waals surface area contributed by atoms with E-state index in [2.05, 4.69) is 0 Å². The summed E-state index contributed by atoms with van der Waals surface area (Å²) in [5.41, 5.74) is 5.75. The second kappa shape index (κ2) is 4.93. The van der Waals surface area contributed by atoms with Crippen molar-refractivity contribution in [3.05, 3.63) is 29.0 Å². The van der Waals surface area contributed by atoms with Crippen molar-refractivity contribution in [2.24, 2.45) is 0 Å². The molecule has 11 heavy (non-hydrogen) atoms. The van der Waals surface area contributed by atoms with Crippen LogP contribution in [0.4, 0.5) is 10.1 Å². The van der Waals surface area contributed by atoms with Gasteiger partial charge in [0.2, 0.25) is 0 Å². The maximum atomic E-state index is 12.3. The van der Waals surface area contributed by atoms with Crippen LogP contribution < -0.4 is 5.73 Å². The monoisotopic (exact) mass is 177 g/mol. The van der Waals surface area contributed by atoms with Crippen LogP contribution in [0, 0.1) is 5.82 Å². The van der Waals surface area contributed by atoms with Gasteiger partial charge in [-0.2, -0.15) is 0 Å². The van der Waals surface area contributed by atoms with E-state index in [0.29, 0.717) is 5.69 Å². The van der Waals surface area contributed by atoms with Gasteiger partial charge in [0.1, 0.15) is 5.82 Å². The van der Waals surface area contributed by atoms with Gasteiger partial charge in [-0.1, -0.05) is 11.6 Å². The zero-order chi connectivity index (χ0) is 8.85. The summed E-state index contributed by atoms with van der Waals surface area (Å²) in [6, 6.07) is 4.07. The van der Waals surface area contributed by atoms with Crippen LogP contribution in [0.15, 0.2) is 18.2 Å². The van der Waals surface area contributed by atoms with Crippen molar-refractivity contribution in [1.82, 2.24) is 0 Å². The fourth-order valence-electron chi connectivity index (χ4n) is 0.512. The highest BCUT2D eigenvalue weighted by Crippen LogP contribution is 2.16. The van der Waals surface area contributed by atoms with Crippen LogP contribution in [0.5, 0.6) is 0 Å². The molecule has 0 fully saturated rings. The number of aliphatic hydroxyl groups is 1.